The molecule has 0 bridgehead atoms. The van der Waals surface area contributed by atoms with E-state index in [2.05, 4.69) is 42.4 Å². The second-order valence-electron chi connectivity index (χ2n) is 4.28. The van der Waals surface area contributed by atoms with E-state index in [1.54, 1.807) is 0 Å². The predicted octanol–water partition coefficient (Wildman–Crippen LogP) is 2.56. The highest BCUT2D eigenvalue weighted by Crippen LogP contribution is 2.16. The fourth-order valence-corrected chi connectivity index (χ4v) is 1.45. The molecule has 0 radical (unpaired) electrons. The number of rotatable bonds is 3. The Bertz CT molecular complexity index is 262. The van der Waals surface area contributed by atoms with Crippen LogP contribution in [0.2, 0.25) is 0 Å². The van der Waals surface area contributed by atoms with E-state index in [0.29, 0.717) is 0 Å². The van der Waals surface area contributed by atoms with Crippen molar-refractivity contribution in [3.8, 4) is 0 Å². The second kappa shape index (κ2) is 4.05. The molecule has 1 aromatic heterocycles. The van der Waals surface area contributed by atoms with Crippen LogP contribution in [0.25, 0.3) is 0 Å². The maximum atomic E-state index is 4.33. The van der Waals surface area contributed by atoms with Gasteiger partial charge in [0.15, 0.2) is 0 Å². The fraction of sp³-hybridized carbons (Fsp3) is 0.778. The molecule has 0 aliphatic carbocycles. The number of aromatic nitrogens is 2. The van der Waals surface area contributed by atoms with Gasteiger partial charge in [0.2, 0.25) is 5.13 Å². The van der Waals surface area contributed by atoms with Gasteiger partial charge >= 0.3 is 0 Å². The van der Waals surface area contributed by atoms with E-state index in [1.165, 1.54) is 11.5 Å². The molecular weight excluding hydrogens is 182 g/mol. The molecule has 0 saturated heterocycles. The molecule has 1 heterocycles. The highest BCUT2D eigenvalue weighted by Gasteiger charge is 2.10. The van der Waals surface area contributed by atoms with Gasteiger partial charge in [-0.2, -0.15) is 4.37 Å². The molecule has 0 unspecified atom stereocenters. The van der Waals surface area contributed by atoms with Crippen molar-refractivity contribution in [2.75, 3.05) is 11.9 Å². The molecule has 0 spiro atoms. The minimum Gasteiger partial charge on any atom is -0.360 e. The number of hydrogen-bond donors (Lipinski definition) is 1. The van der Waals surface area contributed by atoms with E-state index >= 15 is 0 Å². The number of aryl methyl sites for hydroxylation is 1. The van der Waals surface area contributed by atoms with Crippen LogP contribution in [0.15, 0.2) is 0 Å². The van der Waals surface area contributed by atoms with Crippen LogP contribution < -0.4 is 5.32 Å². The summed E-state index contributed by atoms with van der Waals surface area (Å²) in [4.78, 5) is 4.33. The van der Waals surface area contributed by atoms with E-state index in [9.17, 15) is 0 Å². The summed E-state index contributed by atoms with van der Waals surface area (Å²) >= 11 is 1.44. The van der Waals surface area contributed by atoms with Crippen LogP contribution in [0.5, 0.6) is 0 Å². The van der Waals surface area contributed by atoms with Crippen LogP contribution in [0.4, 0.5) is 5.13 Å². The molecule has 13 heavy (non-hydrogen) atoms. The van der Waals surface area contributed by atoms with Gasteiger partial charge in [-0.3, -0.25) is 0 Å². The Balaban J connectivity index is 2.46. The third kappa shape index (κ3) is 3.72. The van der Waals surface area contributed by atoms with Crippen LogP contribution >= 0.6 is 11.5 Å². The van der Waals surface area contributed by atoms with Crippen molar-refractivity contribution >= 4 is 16.7 Å². The summed E-state index contributed by atoms with van der Waals surface area (Å²) in [6.07, 6.45) is 0.910. The van der Waals surface area contributed by atoms with Crippen LogP contribution in [0.3, 0.4) is 0 Å². The number of nitrogens with zero attached hydrogens (tertiary/aromatic N) is 2. The van der Waals surface area contributed by atoms with E-state index in [0.717, 1.165) is 23.9 Å². The Hall–Kier alpha value is -0.640. The lowest BCUT2D eigenvalue weighted by molar-refractivity contribution is 0.443. The lowest BCUT2D eigenvalue weighted by Crippen LogP contribution is -2.18. The zero-order valence-electron chi connectivity index (χ0n) is 8.72. The summed E-state index contributed by atoms with van der Waals surface area (Å²) in [6, 6.07) is 0. The van der Waals surface area contributed by atoms with Crippen molar-refractivity contribution in [1.82, 2.24) is 9.36 Å². The van der Waals surface area contributed by atoms with E-state index in [4.69, 9.17) is 0 Å². The second-order valence-corrected chi connectivity index (χ2v) is 5.04. The van der Waals surface area contributed by atoms with Gasteiger partial charge in [0, 0.05) is 24.5 Å². The van der Waals surface area contributed by atoms with E-state index < -0.39 is 0 Å². The van der Waals surface area contributed by atoms with Crippen LogP contribution in [0, 0.1) is 5.41 Å². The molecule has 0 fully saturated rings. The van der Waals surface area contributed by atoms with Crippen molar-refractivity contribution in [3.05, 3.63) is 5.82 Å². The average molecular weight is 199 g/mol. The quantitative estimate of drug-likeness (QED) is 0.813. The Morgan fingerprint density at radius 1 is 1.38 bits per heavy atom. The standard InChI is InChI=1S/C9H17N3S/c1-5-7-11-8(13-12-7)10-6-9(2,3)4/h5-6H2,1-4H3,(H,10,11,12). The largest absolute Gasteiger partial charge is 0.360 e. The molecule has 1 rings (SSSR count). The summed E-state index contributed by atoms with van der Waals surface area (Å²) in [6.45, 7) is 9.59. The van der Waals surface area contributed by atoms with Crippen LogP contribution in [-0.2, 0) is 6.42 Å². The Kier molecular flexibility index (Phi) is 3.25. The van der Waals surface area contributed by atoms with Crippen molar-refractivity contribution in [2.45, 2.75) is 34.1 Å². The number of nitrogens with one attached hydrogen (secondary N) is 1. The van der Waals surface area contributed by atoms with Crippen molar-refractivity contribution in [2.24, 2.45) is 5.41 Å². The minimum atomic E-state index is 0.290. The first-order valence-electron chi connectivity index (χ1n) is 4.58. The third-order valence-electron chi connectivity index (χ3n) is 1.55. The molecular formula is C9H17N3S. The summed E-state index contributed by atoms with van der Waals surface area (Å²) in [5.74, 6) is 0.932. The Labute approximate surface area is 83.8 Å². The van der Waals surface area contributed by atoms with Crippen LogP contribution in [0.1, 0.15) is 33.5 Å². The maximum absolute atomic E-state index is 4.33. The molecule has 0 saturated carbocycles. The fourth-order valence-electron chi connectivity index (χ4n) is 0.810. The van der Waals surface area contributed by atoms with E-state index in [-0.39, 0.29) is 5.41 Å². The Morgan fingerprint density at radius 3 is 2.54 bits per heavy atom. The SMILES string of the molecule is CCc1nsc(NCC(C)(C)C)n1. The van der Waals surface area contributed by atoms with Crippen molar-refractivity contribution in [3.63, 3.8) is 0 Å². The van der Waals surface area contributed by atoms with Crippen molar-refractivity contribution < 1.29 is 0 Å². The highest BCUT2D eigenvalue weighted by atomic mass is 32.1. The summed E-state index contributed by atoms with van der Waals surface area (Å²) in [5, 5.41) is 4.22. The van der Waals surface area contributed by atoms with Crippen molar-refractivity contribution in [1.29, 1.82) is 0 Å². The van der Waals surface area contributed by atoms with Gasteiger partial charge in [0.25, 0.3) is 0 Å². The molecule has 1 aromatic rings. The summed E-state index contributed by atoms with van der Waals surface area (Å²) in [5.41, 5.74) is 0.290. The highest BCUT2D eigenvalue weighted by molar-refractivity contribution is 7.09. The molecule has 0 amide bonds. The van der Waals surface area contributed by atoms with Gasteiger partial charge in [-0.15, -0.1) is 0 Å². The zero-order valence-corrected chi connectivity index (χ0v) is 9.53. The molecule has 0 aromatic carbocycles. The van der Waals surface area contributed by atoms with Gasteiger partial charge in [-0.25, -0.2) is 4.98 Å². The average Bonchev–Trinajstić information content (AvgIpc) is 2.47. The lowest BCUT2D eigenvalue weighted by atomic mass is 9.97. The molecule has 0 aliphatic rings. The van der Waals surface area contributed by atoms with Gasteiger partial charge in [0.05, 0.1) is 0 Å². The normalized spacial score (nSPS) is 11.7. The molecule has 0 aliphatic heterocycles. The van der Waals surface area contributed by atoms with Gasteiger partial charge in [-0.05, 0) is 5.41 Å². The molecule has 4 heteroatoms. The van der Waals surface area contributed by atoms with Gasteiger partial charge < -0.3 is 5.32 Å². The number of anilines is 1. The zero-order chi connectivity index (χ0) is 9.90. The monoisotopic (exact) mass is 199 g/mol. The van der Waals surface area contributed by atoms with Crippen LogP contribution in [-0.4, -0.2) is 15.9 Å². The summed E-state index contributed by atoms with van der Waals surface area (Å²) in [7, 11) is 0. The summed E-state index contributed by atoms with van der Waals surface area (Å²) < 4.78 is 4.20. The molecule has 3 nitrogen and oxygen atoms in total. The third-order valence-corrected chi connectivity index (χ3v) is 2.26. The smallest absolute Gasteiger partial charge is 0.202 e. The van der Waals surface area contributed by atoms with Gasteiger partial charge in [-0.1, -0.05) is 27.7 Å². The maximum Gasteiger partial charge on any atom is 0.202 e. The number of hydrogen-bond acceptors (Lipinski definition) is 4. The first-order chi connectivity index (χ1) is 6.01. The van der Waals surface area contributed by atoms with Gasteiger partial charge in [0.1, 0.15) is 5.82 Å². The van der Waals surface area contributed by atoms with E-state index in [1.807, 2.05) is 0 Å². The Morgan fingerprint density at radius 2 is 2.08 bits per heavy atom. The molecule has 1 N–H and O–H groups in total. The lowest BCUT2D eigenvalue weighted by Gasteiger charge is -2.17. The first kappa shape index (κ1) is 10.4. The molecule has 74 valence electrons. The minimum absolute atomic E-state index is 0.290. The predicted molar refractivity (Wildman–Crippen MR) is 57.2 cm³/mol. The molecule has 0 atom stereocenters. The first-order valence-corrected chi connectivity index (χ1v) is 5.35. The topological polar surface area (TPSA) is 37.8 Å².